The number of methoxy groups -OCH3 is 2. The van der Waals surface area contributed by atoms with Gasteiger partial charge in [-0.1, -0.05) is 24.3 Å². The van der Waals surface area contributed by atoms with Gasteiger partial charge >= 0.3 is 11.9 Å². The van der Waals surface area contributed by atoms with E-state index in [1.165, 1.54) is 49.0 Å². The van der Waals surface area contributed by atoms with Crippen molar-refractivity contribution in [3.63, 3.8) is 0 Å². The van der Waals surface area contributed by atoms with Crippen LogP contribution in [0, 0.1) is 5.82 Å². The minimum atomic E-state index is -0.535. The van der Waals surface area contributed by atoms with Gasteiger partial charge in [-0.25, -0.2) is 9.18 Å². The molecule has 168 valence electrons. The van der Waals surface area contributed by atoms with Gasteiger partial charge in [0.05, 0.1) is 37.4 Å². The summed E-state index contributed by atoms with van der Waals surface area (Å²) >= 11 is 0. The summed E-state index contributed by atoms with van der Waals surface area (Å²) < 4.78 is 23.7. The van der Waals surface area contributed by atoms with Gasteiger partial charge < -0.3 is 9.47 Å². The SMILES string of the molecule is COC(=O)Cc1ccccn1.COC(=O)c1cc(-c2ccc(F)cc2)c(=O)n2ccccc12. The van der Waals surface area contributed by atoms with Crippen LogP contribution in [0.25, 0.3) is 16.6 Å². The number of hydrogen-bond acceptors (Lipinski definition) is 6. The Hall–Kier alpha value is -4.33. The fraction of sp³-hybridized carbons (Fsp3) is 0.120. The van der Waals surface area contributed by atoms with E-state index in [0.717, 1.165) is 5.69 Å². The Morgan fingerprint density at radius 3 is 2.33 bits per heavy atom. The molecule has 7 nitrogen and oxygen atoms in total. The third-order valence-electron chi connectivity index (χ3n) is 4.71. The molecule has 3 heterocycles. The first-order chi connectivity index (χ1) is 15.9. The molecule has 1 aromatic carbocycles. The molecule has 0 unspecified atom stereocenters. The molecule has 8 heteroatoms. The van der Waals surface area contributed by atoms with Crippen LogP contribution in [-0.4, -0.2) is 35.5 Å². The third-order valence-corrected chi connectivity index (χ3v) is 4.71. The molecule has 0 aliphatic rings. The van der Waals surface area contributed by atoms with Gasteiger partial charge in [0.1, 0.15) is 5.82 Å². The second kappa shape index (κ2) is 10.8. The predicted octanol–water partition coefficient (Wildman–Crippen LogP) is 3.69. The zero-order chi connectivity index (χ0) is 23.8. The third kappa shape index (κ3) is 5.68. The van der Waals surface area contributed by atoms with E-state index in [0.29, 0.717) is 16.6 Å². The molecule has 4 rings (SSSR count). The molecule has 0 saturated carbocycles. The zero-order valence-electron chi connectivity index (χ0n) is 18.0. The number of halogens is 1. The van der Waals surface area contributed by atoms with Crippen LogP contribution in [0.15, 0.2) is 83.9 Å². The molecule has 0 N–H and O–H groups in total. The number of carbonyl (C=O) groups is 2. The summed E-state index contributed by atoms with van der Waals surface area (Å²) in [5.74, 6) is -1.19. The normalized spacial score (nSPS) is 10.2. The number of nitrogens with zero attached hydrogens (tertiary/aromatic N) is 2. The van der Waals surface area contributed by atoms with E-state index in [-0.39, 0.29) is 23.5 Å². The van der Waals surface area contributed by atoms with Crippen LogP contribution in [0.3, 0.4) is 0 Å². The number of esters is 2. The molecule has 33 heavy (non-hydrogen) atoms. The molecule has 3 aromatic heterocycles. The molecule has 0 atom stereocenters. The number of aromatic nitrogens is 2. The first-order valence-electron chi connectivity index (χ1n) is 9.90. The van der Waals surface area contributed by atoms with E-state index in [2.05, 4.69) is 9.72 Å². The van der Waals surface area contributed by atoms with Gasteiger partial charge in [-0.05, 0) is 48.0 Å². The Kier molecular flexibility index (Phi) is 7.64. The molecule has 0 saturated heterocycles. The lowest BCUT2D eigenvalue weighted by Crippen LogP contribution is -2.19. The maximum absolute atomic E-state index is 13.1. The lowest BCUT2D eigenvalue weighted by Gasteiger charge is -2.09. The number of ether oxygens (including phenoxy) is 2. The van der Waals surface area contributed by atoms with Crippen LogP contribution < -0.4 is 5.56 Å². The van der Waals surface area contributed by atoms with Crippen LogP contribution >= 0.6 is 0 Å². The number of fused-ring (bicyclic) bond motifs is 1. The number of hydrogen-bond donors (Lipinski definition) is 0. The quantitative estimate of drug-likeness (QED) is 0.443. The molecular formula is C25H21FN2O5. The van der Waals surface area contributed by atoms with Crippen LogP contribution in [0.1, 0.15) is 16.1 Å². The topological polar surface area (TPSA) is 87.0 Å². The van der Waals surface area contributed by atoms with Crippen molar-refractivity contribution >= 4 is 17.5 Å². The zero-order valence-corrected chi connectivity index (χ0v) is 18.0. The second-order valence-electron chi connectivity index (χ2n) is 6.81. The van der Waals surface area contributed by atoms with Gasteiger partial charge in [-0.3, -0.25) is 19.0 Å². The maximum atomic E-state index is 13.1. The molecule has 0 amide bonds. The lowest BCUT2D eigenvalue weighted by molar-refractivity contribution is -0.139. The lowest BCUT2D eigenvalue weighted by atomic mass is 10.0. The van der Waals surface area contributed by atoms with E-state index in [9.17, 15) is 18.8 Å². The van der Waals surface area contributed by atoms with Gasteiger partial charge in [0, 0.05) is 18.0 Å². The first kappa shape index (κ1) is 23.3. The Bertz CT molecular complexity index is 1320. The average Bonchev–Trinajstić information content (AvgIpc) is 2.85. The van der Waals surface area contributed by atoms with Crippen LogP contribution in [0.4, 0.5) is 4.39 Å². The van der Waals surface area contributed by atoms with Crippen molar-refractivity contribution in [1.82, 2.24) is 9.38 Å². The van der Waals surface area contributed by atoms with Gasteiger partial charge in [-0.2, -0.15) is 0 Å². The van der Waals surface area contributed by atoms with E-state index in [1.54, 1.807) is 42.7 Å². The molecule has 4 aromatic rings. The Morgan fingerprint density at radius 1 is 0.970 bits per heavy atom. The van der Waals surface area contributed by atoms with Crippen molar-refractivity contribution in [1.29, 1.82) is 0 Å². The molecule has 0 spiro atoms. The van der Waals surface area contributed by atoms with Crippen molar-refractivity contribution in [3.05, 3.63) is 107 Å². The standard InChI is InChI=1S/C17H12FNO3.C8H9NO2/c1-22-17(21)14-10-13(11-5-7-12(18)8-6-11)16(20)19-9-3-2-4-15(14)19;1-11-8(10)6-7-4-2-3-5-9-7/h2-10H,1H3;2-5H,6H2,1H3. The fourth-order valence-corrected chi connectivity index (χ4v) is 3.08. The molecule has 0 aliphatic heterocycles. The van der Waals surface area contributed by atoms with E-state index in [1.807, 2.05) is 6.07 Å². The Labute approximate surface area is 189 Å². The molecule has 0 aliphatic carbocycles. The Morgan fingerprint density at radius 2 is 1.70 bits per heavy atom. The highest BCUT2D eigenvalue weighted by molar-refractivity contribution is 5.98. The maximum Gasteiger partial charge on any atom is 0.340 e. The Balaban J connectivity index is 0.000000235. The molecule has 0 radical (unpaired) electrons. The summed E-state index contributed by atoms with van der Waals surface area (Å²) in [7, 11) is 2.65. The van der Waals surface area contributed by atoms with Crippen LogP contribution in [0.5, 0.6) is 0 Å². The summed E-state index contributed by atoms with van der Waals surface area (Å²) in [6.07, 6.45) is 3.48. The summed E-state index contributed by atoms with van der Waals surface area (Å²) in [6, 6.07) is 17.6. The van der Waals surface area contributed by atoms with Gasteiger partial charge in [0.2, 0.25) is 0 Å². The monoisotopic (exact) mass is 448 g/mol. The minimum absolute atomic E-state index is 0.247. The van der Waals surface area contributed by atoms with Crippen molar-refractivity contribution in [2.75, 3.05) is 14.2 Å². The first-order valence-corrected chi connectivity index (χ1v) is 9.90. The molecule has 0 fully saturated rings. The van der Waals surface area contributed by atoms with Crippen LogP contribution in [-0.2, 0) is 20.7 Å². The van der Waals surface area contributed by atoms with E-state index in [4.69, 9.17) is 4.74 Å². The highest BCUT2D eigenvalue weighted by Crippen LogP contribution is 2.20. The molecule has 0 bridgehead atoms. The van der Waals surface area contributed by atoms with Crippen molar-refractivity contribution in [2.45, 2.75) is 6.42 Å². The molecular weight excluding hydrogens is 427 g/mol. The largest absolute Gasteiger partial charge is 0.469 e. The van der Waals surface area contributed by atoms with E-state index < -0.39 is 11.8 Å². The van der Waals surface area contributed by atoms with Gasteiger partial charge in [-0.15, -0.1) is 0 Å². The van der Waals surface area contributed by atoms with Crippen molar-refractivity contribution in [2.24, 2.45) is 0 Å². The van der Waals surface area contributed by atoms with E-state index >= 15 is 0 Å². The second-order valence-corrected chi connectivity index (χ2v) is 6.81. The number of pyridine rings is 3. The summed E-state index contributed by atoms with van der Waals surface area (Å²) in [6.45, 7) is 0. The van der Waals surface area contributed by atoms with Gasteiger partial charge in [0.15, 0.2) is 0 Å². The predicted molar refractivity (Wildman–Crippen MR) is 120 cm³/mol. The van der Waals surface area contributed by atoms with Crippen LogP contribution in [0.2, 0.25) is 0 Å². The summed E-state index contributed by atoms with van der Waals surface area (Å²) in [4.78, 5) is 39.3. The number of rotatable bonds is 4. The van der Waals surface area contributed by atoms with Gasteiger partial charge in [0.25, 0.3) is 5.56 Å². The average molecular weight is 448 g/mol. The highest BCUT2D eigenvalue weighted by Gasteiger charge is 2.16. The summed E-state index contributed by atoms with van der Waals surface area (Å²) in [5, 5.41) is 0. The number of carbonyl (C=O) groups excluding carboxylic acids is 2. The van der Waals surface area contributed by atoms with Crippen molar-refractivity contribution in [3.8, 4) is 11.1 Å². The fourth-order valence-electron chi connectivity index (χ4n) is 3.08. The highest BCUT2D eigenvalue weighted by atomic mass is 19.1. The summed E-state index contributed by atoms with van der Waals surface area (Å²) in [5.41, 5.74) is 2.04. The van der Waals surface area contributed by atoms with Crippen molar-refractivity contribution < 1.29 is 23.5 Å². The number of benzene rings is 1. The minimum Gasteiger partial charge on any atom is -0.469 e. The smallest absolute Gasteiger partial charge is 0.340 e.